The van der Waals surface area contributed by atoms with Gasteiger partial charge in [0.15, 0.2) is 5.79 Å². The smallest absolute Gasteiger partial charge is 0.162 e. The molecule has 0 saturated heterocycles. The maximum absolute atomic E-state index is 5.83. The Balaban J connectivity index is 2.39. The molecule has 2 unspecified atom stereocenters. The maximum atomic E-state index is 5.83. The topological polar surface area (TPSA) is 18.5 Å². The number of halogens is 1. The average Bonchev–Trinajstić information content (AvgIpc) is 2.36. The second-order valence-corrected chi connectivity index (χ2v) is 5.31. The molecule has 1 saturated carbocycles. The van der Waals surface area contributed by atoms with Crippen molar-refractivity contribution in [2.45, 2.75) is 48.9 Å². The van der Waals surface area contributed by atoms with E-state index >= 15 is 0 Å². The van der Waals surface area contributed by atoms with Gasteiger partial charge in [-0.05, 0) is 33.1 Å². The van der Waals surface area contributed by atoms with Gasteiger partial charge in [-0.2, -0.15) is 0 Å². The summed E-state index contributed by atoms with van der Waals surface area (Å²) in [5.41, 5.74) is 0. The van der Waals surface area contributed by atoms with Crippen LogP contribution < -0.4 is 0 Å². The Kier molecular flexibility index (Phi) is 3.79. The zero-order valence-electron chi connectivity index (χ0n) is 7.97. The third-order valence-corrected chi connectivity index (χ3v) is 3.72. The van der Waals surface area contributed by atoms with E-state index < -0.39 is 5.79 Å². The molecule has 0 aromatic carbocycles. The molecule has 0 aliphatic heterocycles. The molecule has 0 amide bonds. The molecular formula is C9H17IO2. The van der Waals surface area contributed by atoms with Crippen LogP contribution >= 0.6 is 22.6 Å². The van der Waals surface area contributed by atoms with Crippen LogP contribution in [0.4, 0.5) is 0 Å². The van der Waals surface area contributed by atoms with Crippen molar-refractivity contribution in [1.29, 1.82) is 0 Å². The Morgan fingerprint density at radius 3 is 2.42 bits per heavy atom. The minimum Gasteiger partial charge on any atom is -0.354 e. The Morgan fingerprint density at radius 2 is 2.00 bits per heavy atom. The van der Waals surface area contributed by atoms with Crippen LogP contribution in [-0.2, 0) is 9.47 Å². The van der Waals surface area contributed by atoms with E-state index in [1.165, 1.54) is 19.3 Å². The van der Waals surface area contributed by atoms with Crippen LogP contribution in [0.2, 0.25) is 0 Å². The van der Waals surface area contributed by atoms with E-state index in [0.29, 0.717) is 10.0 Å². The standard InChI is InChI=1S/C9H17IO2/c1-9(2,11-3)12-8-6-4-5-7(8)10/h7-8H,4-6H2,1-3H3. The number of alkyl halides is 1. The molecule has 3 heteroatoms. The van der Waals surface area contributed by atoms with Crippen LogP contribution in [0.15, 0.2) is 0 Å². The largest absolute Gasteiger partial charge is 0.354 e. The molecule has 0 bridgehead atoms. The van der Waals surface area contributed by atoms with Gasteiger partial charge < -0.3 is 9.47 Å². The summed E-state index contributed by atoms with van der Waals surface area (Å²) in [5.74, 6) is -0.418. The minimum atomic E-state index is -0.418. The lowest BCUT2D eigenvalue weighted by Crippen LogP contribution is -2.34. The van der Waals surface area contributed by atoms with Crippen LogP contribution in [0, 0.1) is 0 Å². The van der Waals surface area contributed by atoms with Crippen molar-refractivity contribution < 1.29 is 9.47 Å². The first kappa shape index (κ1) is 10.7. The molecule has 1 aliphatic carbocycles. The molecule has 2 nitrogen and oxygen atoms in total. The lowest BCUT2D eigenvalue weighted by atomic mass is 10.3. The van der Waals surface area contributed by atoms with Crippen molar-refractivity contribution in [2.24, 2.45) is 0 Å². The highest BCUT2D eigenvalue weighted by atomic mass is 127. The van der Waals surface area contributed by atoms with Gasteiger partial charge in [0, 0.05) is 11.0 Å². The van der Waals surface area contributed by atoms with E-state index in [9.17, 15) is 0 Å². The van der Waals surface area contributed by atoms with Gasteiger partial charge in [-0.15, -0.1) is 0 Å². The first-order chi connectivity index (χ1) is 5.55. The number of hydrogen-bond donors (Lipinski definition) is 0. The van der Waals surface area contributed by atoms with Crippen molar-refractivity contribution >= 4 is 22.6 Å². The summed E-state index contributed by atoms with van der Waals surface area (Å²) in [6.07, 6.45) is 4.14. The molecule has 1 fully saturated rings. The highest BCUT2D eigenvalue weighted by Crippen LogP contribution is 2.31. The molecule has 0 radical (unpaired) electrons. The van der Waals surface area contributed by atoms with Crippen LogP contribution in [0.3, 0.4) is 0 Å². The summed E-state index contributed by atoms with van der Waals surface area (Å²) >= 11 is 2.47. The first-order valence-corrected chi connectivity index (χ1v) is 5.67. The van der Waals surface area contributed by atoms with Crippen LogP contribution in [0.5, 0.6) is 0 Å². The molecule has 12 heavy (non-hydrogen) atoms. The summed E-state index contributed by atoms with van der Waals surface area (Å²) in [5, 5.41) is 0. The van der Waals surface area contributed by atoms with Crippen LogP contribution in [0.25, 0.3) is 0 Å². The predicted molar refractivity (Wildman–Crippen MR) is 57.6 cm³/mol. The maximum Gasteiger partial charge on any atom is 0.162 e. The van der Waals surface area contributed by atoms with Gasteiger partial charge in [0.05, 0.1) is 6.10 Å². The van der Waals surface area contributed by atoms with Crippen molar-refractivity contribution in [3.8, 4) is 0 Å². The van der Waals surface area contributed by atoms with Crippen LogP contribution in [-0.4, -0.2) is 22.9 Å². The van der Waals surface area contributed by atoms with E-state index in [-0.39, 0.29) is 0 Å². The Morgan fingerprint density at radius 1 is 1.33 bits per heavy atom. The van der Waals surface area contributed by atoms with Crippen molar-refractivity contribution in [3.63, 3.8) is 0 Å². The number of rotatable bonds is 3. The van der Waals surface area contributed by atoms with E-state index in [2.05, 4.69) is 22.6 Å². The van der Waals surface area contributed by atoms with Gasteiger partial charge >= 0.3 is 0 Å². The molecule has 0 N–H and O–H groups in total. The quantitative estimate of drug-likeness (QED) is 0.451. The number of methoxy groups -OCH3 is 1. The first-order valence-electron chi connectivity index (χ1n) is 4.42. The monoisotopic (exact) mass is 284 g/mol. The summed E-state index contributed by atoms with van der Waals surface area (Å²) in [6.45, 7) is 3.93. The highest BCUT2D eigenvalue weighted by molar-refractivity contribution is 14.1. The fourth-order valence-electron chi connectivity index (χ4n) is 1.43. The van der Waals surface area contributed by atoms with Crippen molar-refractivity contribution in [3.05, 3.63) is 0 Å². The van der Waals surface area contributed by atoms with Crippen molar-refractivity contribution in [1.82, 2.24) is 0 Å². The van der Waals surface area contributed by atoms with Gasteiger partial charge in [-0.1, -0.05) is 22.6 Å². The lowest BCUT2D eigenvalue weighted by Gasteiger charge is -2.28. The molecular weight excluding hydrogens is 267 g/mol. The molecule has 1 rings (SSSR count). The Hall–Kier alpha value is 0.650. The highest BCUT2D eigenvalue weighted by Gasteiger charge is 2.31. The van der Waals surface area contributed by atoms with E-state index in [4.69, 9.17) is 9.47 Å². The SMILES string of the molecule is COC(C)(C)OC1CCCC1I. The summed E-state index contributed by atoms with van der Waals surface area (Å²) < 4.78 is 11.7. The van der Waals surface area contributed by atoms with E-state index in [1.807, 2.05) is 13.8 Å². The fourth-order valence-corrected chi connectivity index (χ4v) is 2.37. The van der Waals surface area contributed by atoms with Gasteiger partial charge in [0.25, 0.3) is 0 Å². The van der Waals surface area contributed by atoms with Crippen molar-refractivity contribution in [2.75, 3.05) is 7.11 Å². The molecule has 1 aliphatic rings. The predicted octanol–water partition coefficient (Wildman–Crippen LogP) is 2.74. The van der Waals surface area contributed by atoms with Gasteiger partial charge in [-0.3, -0.25) is 0 Å². The minimum absolute atomic E-state index is 0.389. The van der Waals surface area contributed by atoms with Gasteiger partial charge in [0.1, 0.15) is 0 Å². The fraction of sp³-hybridized carbons (Fsp3) is 1.00. The van der Waals surface area contributed by atoms with Crippen LogP contribution in [0.1, 0.15) is 33.1 Å². The second kappa shape index (κ2) is 4.24. The Labute approximate surface area is 88.1 Å². The summed E-state index contributed by atoms with van der Waals surface area (Å²) in [7, 11) is 1.69. The van der Waals surface area contributed by atoms with E-state index in [1.54, 1.807) is 7.11 Å². The lowest BCUT2D eigenvalue weighted by molar-refractivity contribution is -0.219. The zero-order valence-corrected chi connectivity index (χ0v) is 10.1. The molecule has 0 heterocycles. The molecule has 0 aromatic rings. The second-order valence-electron chi connectivity index (χ2n) is 3.71. The van der Waals surface area contributed by atoms with E-state index in [0.717, 1.165) is 0 Å². The summed E-state index contributed by atoms with van der Waals surface area (Å²) in [4.78, 5) is 0. The molecule has 2 atom stereocenters. The van der Waals surface area contributed by atoms with Gasteiger partial charge in [0.2, 0.25) is 0 Å². The molecule has 0 spiro atoms. The number of ether oxygens (including phenoxy) is 2. The normalized spacial score (nSPS) is 31.0. The summed E-state index contributed by atoms with van der Waals surface area (Å²) in [6, 6.07) is 0. The third-order valence-electron chi connectivity index (χ3n) is 2.30. The third kappa shape index (κ3) is 2.85. The molecule has 72 valence electrons. The number of hydrogen-bond acceptors (Lipinski definition) is 2. The zero-order chi connectivity index (χ0) is 9.19. The Bertz CT molecular complexity index is 147. The van der Waals surface area contributed by atoms with Gasteiger partial charge in [-0.25, -0.2) is 0 Å². The molecule has 0 aromatic heterocycles. The average molecular weight is 284 g/mol.